The second-order valence-electron chi connectivity index (χ2n) is 7.52. The maximum atomic E-state index is 12.8. The zero-order valence-electron chi connectivity index (χ0n) is 16.1. The van der Waals surface area contributed by atoms with Crippen molar-refractivity contribution in [3.63, 3.8) is 0 Å². The Morgan fingerprint density at radius 3 is 2.32 bits per heavy atom. The first-order chi connectivity index (χ1) is 13.4. The molecule has 1 aliphatic carbocycles. The van der Waals surface area contributed by atoms with Crippen LogP contribution in [-0.4, -0.2) is 42.4 Å². The van der Waals surface area contributed by atoms with Crippen molar-refractivity contribution in [3.05, 3.63) is 29.8 Å². The molecule has 0 radical (unpaired) electrons. The normalized spacial score (nSPS) is 21.2. The summed E-state index contributed by atoms with van der Waals surface area (Å²) in [6.45, 7) is 2.48. The number of piperidine rings is 1. The number of nitrogens with one attached hydrogen (secondary N) is 3. The van der Waals surface area contributed by atoms with E-state index < -0.39 is 10.0 Å². The van der Waals surface area contributed by atoms with Gasteiger partial charge in [0.05, 0.1) is 4.90 Å². The standard InChI is InChI=1S/C19H28N4O3S2/c1-14-6-4-5-13-23(14)28(25,26)17-11-9-15(10-12-17)18(24)21-22-19(27)20-16-7-2-3-8-16/h9-12,14,16H,2-8,13H2,1H3,(H,21,24)(H2,20,22,27)/t14-/m0/s1. The molecule has 9 heteroatoms. The third-order valence-electron chi connectivity index (χ3n) is 5.45. The van der Waals surface area contributed by atoms with Gasteiger partial charge in [-0.15, -0.1) is 0 Å². The number of carbonyl (C=O) groups is 1. The van der Waals surface area contributed by atoms with Gasteiger partial charge in [0, 0.05) is 24.2 Å². The second-order valence-corrected chi connectivity index (χ2v) is 9.82. The van der Waals surface area contributed by atoms with Crippen LogP contribution in [0.1, 0.15) is 62.2 Å². The molecule has 154 valence electrons. The van der Waals surface area contributed by atoms with Crippen molar-refractivity contribution in [1.82, 2.24) is 20.5 Å². The van der Waals surface area contributed by atoms with Gasteiger partial charge in [0.2, 0.25) is 10.0 Å². The highest BCUT2D eigenvalue weighted by Crippen LogP contribution is 2.25. The molecule has 28 heavy (non-hydrogen) atoms. The summed E-state index contributed by atoms with van der Waals surface area (Å²) in [5.41, 5.74) is 5.62. The van der Waals surface area contributed by atoms with Crippen molar-refractivity contribution in [3.8, 4) is 0 Å². The molecule has 1 saturated heterocycles. The van der Waals surface area contributed by atoms with Crippen LogP contribution in [0.4, 0.5) is 0 Å². The second kappa shape index (κ2) is 9.19. The third kappa shape index (κ3) is 5.01. The van der Waals surface area contributed by atoms with Crippen LogP contribution >= 0.6 is 12.2 Å². The number of hydrogen-bond donors (Lipinski definition) is 3. The fraction of sp³-hybridized carbons (Fsp3) is 0.579. The lowest BCUT2D eigenvalue weighted by Crippen LogP contribution is -2.49. The number of carbonyl (C=O) groups excluding carboxylic acids is 1. The molecule has 0 bridgehead atoms. The Bertz CT molecular complexity index is 805. The minimum absolute atomic E-state index is 0.000644. The van der Waals surface area contributed by atoms with Gasteiger partial charge < -0.3 is 5.32 Å². The fourth-order valence-corrected chi connectivity index (χ4v) is 5.74. The minimum Gasteiger partial charge on any atom is -0.359 e. The maximum absolute atomic E-state index is 12.8. The highest BCUT2D eigenvalue weighted by Gasteiger charge is 2.30. The summed E-state index contributed by atoms with van der Waals surface area (Å²) >= 11 is 5.19. The number of benzene rings is 1. The number of rotatable bonds is 4. The molecule has 0 aromatic heterocycles. The Balaban J connectivity index is 1.57. The van der Waals surface area contributed by atoms with Crippen LogP contribution in [0, 0.1) is 0 Å². The van der Waals surface area contributed by atoms with E-state index in [4.69, 9.17) is 12.2 Å². The molecular formula is C19H28N4O3S2. The molecule has 3 N–H and O–H groups in total. The Morgan fingerprint density at radius 1 is 1.04 bits per heavy atom. The van der Waals surface area contributed by atoms with Crippen LogP contribution in [0.25, 0.3) is 0 Å². The molecule has 1 amide bonds. The van der Waals surface area contributed by atoms with Crippen LogP contribution < -0.4 is 16.2 Å². The Hall–Kier alpha value is -1.71. The number of hydrazine groups is 1. The summed E-state index contributed by atoms with van der Waals surface area (Å²) in [6.07, 6.45) is 7.36. The smallest absolute Gasteiger partial charge is 0.269 e. The number of sulfonamides is 1. The summed E-state index contributed by atoms with van der Waals surface area (Å²) in [4.78, 5) is 12.5. The van der Waals surface area contributed by atoms with Gasteiger partial charge in [0.1, 0.15) is 0 Å². The first-order valence-corrected chi connectivity index (χ1v) is 11.7. The first kappa shape index (κ1) is 21.0. The number of amides is 1. The van der Waals surface area contributed by atoms with E-state index in [9.17, 15) is 13.2 Å². The molecule has 0 spiro atoms. The van der Waals surface area contributed by atoms with Crippen LogP contribution in [0.2, 0.25) is 0 Å². The van der Waals surface area contributed by atoms with E-state index in [1.54, 1.807) is 4.31 Å². The molecule has 1 heterocycles. The van der Waals surface area contributed by atoms with Crippen LogP contribution in [0.15, 0.2) is 29.2 Å². The van der Waals surface area contributed by atoms with E-state index in [1.807, 2.05) is 6.92 Å². The van der Waals surface area contributed by atoms with Gasteiger partial charge in [0.25, 0.3) is 5.91 Å². The quantitative estimate of drug-likeness (QED) is 0.508. The van der Waals surface area contributed by atoms with Gasteiger partial charge in [-0.2, -0.15) is 4.31 Å². The van der Waals surface area contributed by atoms with Gasteiger partial charge in [0.15, 0.2) is 5.11 Å². The zero-order chi connectivity index (χ0) is 20.1. The lowest BCUT2D eigenvalue weighted by molar-refractivity contribution is 0.0943. The van der Waals surface area contributed by atoms with E-state index in [0.29, 0.717) is 23.3 Å². The summed E-state index contributed by atoms with van der Waals surface area (Å²) in [6, 6.07) is 6.37. The van der Waals surface area contributed by atoms with Crippen molar-refractivity contribution in [2.24, 2.45) is 0 Å². The highest BCUT2D eigenvalue weighted by atomic mass is 32.2. The number of nitrogens with zero attached hydrogens (tertiary/aromatic N) is 1. The van der Waals surface area contributed by atoms with E-state index >= 15 is 0 Å². The number of thiocarbonyl (C=S) groups is 1. The lowest BCUT2D eigenvalue weighted by atomic mass is 10.1. The first-order valence-electron chi connectivity index (χ1n) is 9.86. The molecule has 2 fully saturated rings. The van der Waals surface area contributed by atoms with Gasteiger partial charge in [-0.1, -0.05) is 19.3 Å². The van der Waals surface area contributed by atoms with Gasteiger partial charge in [-0.05, 0) is 69.1 Å². The predicted molar refractivity (Wildman–Crippen MR) is 112 cm³/mol. The maximum Gasteiger partial charge on any atom is 0.269 e. The third-order valence-corrected chi connectivity index (χ3v) is 7.69. The summed E-state index contributed by atoms with van der Waals surface area (Å²) in [5, 5.41) is 3.56. The Labute approximate surface area is 172 Å². The van der Waals surface area contributed by atoms with Crippen molar-refractivity contribution < 1.29 is 13.2 Å². The van der Waals surface area contributed by atoms with E-state index in [-0.39, 0.29) is 16.8 Å². The fourth-order valence-electron chi connectivity index (χ4n) is 3.82. The zero-order valence-corrected chi connectivity index (χ0v) is 17.7. The van der Waals surface area contributed by atoms with Crippen molar-refractivity contribution in [2.75, 3.05) is 6.54 Å². The molecule has 0 unspecified atom stereocenters. The van der Waals surface area contributed by atoms with Gasteiger partial charge >= 0.3 is 0 Å². The van der Waals surface area contributed by atoms with Crippen molar-refractivity contribution >= 4 is 33.3 Å². The molecule has 1 saturated carbocycles. The largest absolute Gasteiger partial charge is 0.359 e. The predicted octanol–water partition coefficient (Wildman–Crippen LogP) is 2.30. The molecule has 1 aliphatic heterocycles. The van der Waals surface area contributed by atoms with E-state index in [1.165, 1.54) is 37.1 Å². The average Bonchev–Trinajstić information content (AvgIpc) is 3.19. The molecule has 2 aliphatic rings. The topological polar surface area (TPSA) is 90.5 Å². The van der Waals surface area contributed by atoms with Crippen molar-refractivity contribution in [2.45, 2.75) is 68.8 Å². The monoisotopic (exact) mass is 424 g/mol. The summed E-state index contributed by atoms with van der Waals surface area (Å²) < 4.78 is 27.2. The SMILES string of the molecule is C[C@H]1CCCCN1S(=O)(=O)c1ccc(C(=O)NNC(=S)NC2CCCC2)cc1. The van der Waals surface area contributed by atoms with E-state index in [0.717, 1.165) is 32.1 Å². The van der Waals surface area contributed by atoms with Gasteiger partial charge in [-0.3, -0.25) is 15.6 Å². The van der Waals surface area contributed by atoms with E-state index in [2.05, 4.69) is 16.2 Å². The average molecular weight is 425 g/mol. The highest BCUT2D eigenvalue weighted by molar-refractivity contribution is 7.89. The molecule has 3 rings (SSSR count). The Morgan fingerprint density at radius 2 is 1.68 bits per heavy atom. The summed E-state index contributed by atoms with van der Waals surface area (Å²) in [7, 11) is -3.54. The molecule has 1 aromatic rings. The van der Waals surface area contributed by atoms with Crippen LogP contribution in [0.3, 0.4) is 0 Å². The van der Waals surface area contributed by atoms with Crippen LogP contribution in [-0.2, 0) is 10.0 Å². The molecular weight excluding hydrogens is 396 g/mol. The molecule has 1 atom stereocenters. The molecule has 7 nitrogen and oxygen atoms in total. The van der Waals surface area contributed by atoms with Gasteiger partial charge in [-0.25, -0.2) is 8.42 Å². The Kier molecular flexibility index (Phi) is 6.90. The summed E-state index contributed by atoms with van der Waals surface area (Å²) in [5.74, 6) is -0.370. The number of hydrogen-bond acceptors (Lipinski definition) is 4. The lowest BCUT2D eigenvalue weighted by Gasteiger charge is -2.32. The van der Waals surface area contributed by atoms with Crippen LogP contribution in [0.5, 0.6) is 0 Å². The minimum atomic E-state index is -3.54. The van der Waals surface area contributed by atoms with Crippen molar-refractivity contribution in [1.29, 1.82) is 0 Å². The molecule has 1 aromatic carbocycles.